The Bertz CT molecular complexity index is 334. The largest absolute Gasteiger partial charge is 0.496 e. The van der Waals surface area contributed by atoms with Gasteiger partial charge in [-0.1, -0.05) is 6.92 Å². The number of aliphatic hydroxyl groups excluding tert-OH is 1. The highest BCUT2D eigenvalue weighted by molar-refractivity contribution is 5.48. The Hall–Kier alpha value is -1.22. The molecular weight excluding hydrogens is 204 g/mol. The topological polar surface area (TPSA) is 38.7 Å². The van der Waals surface area contributed by atoms with Crippen LogP contribution >= 0.6 is 0 Å². The van der Waals surface area contributed by atoms with Gasteiger partial charge in [0.15, 0.2) is 0 Å². The first kappa shape index (κ1) is 12.8. The summed E-state index contributed by atoms with van der Waals surface area (Å²) in [5.74, 6) is 1.78. The van der Waals surface area contributed by atoms with Gasteiger partial charge in [-0.3, -0.25) is 0 Å². The fraction of sp³-hybridized carbons (Fsp3) is 0.538. The Balaban J connectivity index is 3.14. The minimum absolute atomic E-state index is 0.198. The molecule has 0 aliphatic heterocycles. The van der Waals surface area contributed by atoms with Crippen LogP contribution in [-0.2, 0) is 12.8 Å². The van der Waals surface area contributed by atoms with E-state index < -0.39 is 0 Å². The maximum absolute atomic E-state index is 8.91. The molecule has 90 valence electrons. The van der Waals surface area contributed by atoms with Crippen molar-refractivity contribution in [2.24, 2.45) is 0 Å². The van der Waals surface area contributed by atoms with Crippen LogP contribution in [-0.4, -0.2) is 25.9 Å². The molecule has 1 N–H and O–H groups in total. The number of rotatable bonds is 6. The molecule has 0 saturated carbocycles. The summed E-state index contributed by atoms with van der Waals surface area (Å²) in [6, 6.07) is 3.85. The van der Waals surface area contributed by atoms with E-state index in [1.807, 2.05) is 12.1 Å². The number of aliphatic hydroxyl groups is 1. The minimum Gasteiger partial charge on any atom is -0.496 e. The van der Waals surface area contributed by atoms with Crippen LogP contribution in [0.15, 0.2) is 12.1 Å². The Morgan fingerprint density at radius 1 is 1.06 bits per heavy atom. The van der Waals surface area contributed by atoms with Gasteiger partial charge in [0.05, 0.1) is 14.2 Å². The summed E-state index contributed by atoms with van der Waals surface area (Å²) >= 11 is 0. The Labute approximate surface area is 97.0 Å². The van der Waals surface area contributed by atoms with Gasteiger partial charge >= 0.3 is 0 Å². The quantitative estimate of drug-likeness (QED) is 0.805. The number of hydrogen-bond acceptors (Lipinski definition) is 3. The lowest BCUT2D eigenvalue weighted by Gasteiger charge is -2.16. The van der Waals surface area contributed by atoms with Crippen LogP contribution in [0.1, 0.15) is 24.5 Å². The van der Waals surface area contributed by atoms with Crippen molar-refractivity contribution in [1.82, 2.24) is 0 Å². The third-order valence-corrected chi connectivity index (χ3v) is 2.72. The molecule has 0 unspecified atom stereocenters. The fourth-order valence-corrected chi connectivity index (χ4v) is 1.95. The molecule has 0 fully saturated rings. The van der Waals surface area contributed by atoms with Crippen molar-refractivity contribution in [3.63, 3.8) is 0 Å². The van der Waals surface area contributed by atoms with Crippen LogP contribution in [0.2, 0.25) is 0 Å². The van der Waals surface area contributed by atoms with Gasteiger partial charge in [-0.25, -0.2) is 0 Å². The predicted octanol–water partition coefficient (Wildman–Crippen LogP) is 2.19. The molecule has 1 aromatic rings. The van der Waals surface area contributed by atoms with Gasteiger partial charge in [-0.05, 0) is 31.4 Å². The standard InChI is InChI=1S/C13H20O3/c1-4-10-11(6-5-9-14)13(16-3)8-7-12(10)15-2/h7-8,14H,4-6,9H2,1-3H3. The molecule has 0 bridgehead atoms. The maximum Gasteiger partial charge on any atom is 0.122 e. The summed E-state index contributed by atoms with van der Waals surface area (Å²) in [6.45, 7) is 2.29. The van der Waals surface area contributed by atoms with Gasteiger partial charge in [0.2, 0.25) is 0 Å². The van der Waals surface area contributed by atoms with Crippen molar-refractivity contribution in [2.75, 3.05) is 20.8 Å². The van der Waals surface area contributed by atoms with E-state index in [0.717, 1.165) is 36.3 Å². The minimum atomic E-state index is 0.198. The molecule has 0 atom stereocenters. The van der Waals surface area contributed by atoms with Crippen molar-refractivity contribution in [2.45, 2.75) is 26.2 Å². The number of ether oxygens (including phenoxy) is 2. The van der Waals surface area contributed by atoms with Gasteiger partial charge in [0.25, 0.3) is 0 Å². The van der Waals surface area contributed by atoms with E-state index >= 15 is 0 Å². The molecule has 1 aromatic carbocycles. The third kappa shape index (κ3) is 2.67. The summed E-state index contributed by atoms with van der Waals surface area (Å²) in [5.41, 5.74) is 2.33. The first-order valence-corrected chi connectivity index (χ1v) is 5.62. The average molecular weight is 224 g/mol. The van der Waals surface area contributed by atoms with Crippen molar-refractivity contribution < 1.29 is 14.6 Å². The van der Waals surface area contributed by atoms with E-state index in [-0.39, 0.29) is 6.61 Å². The molecule has 0 aliphatic rings. The molecule has 0 amide bonds. The molecule has 0 saturated heterocycles. The Morgan fingerprint density at radius 3 is 2.06 bits per heavy atom. The molecule has 0 spiro atoms. The van der Waals surface area contributed by atoms with Crippen LogP contribution in [0.5, 0.6) is 11.5 Å². The molecule has 3 nitrogen and oxygen atoms in total. The summed E-state index contributed by atoms with van der Waals surface area (Å²) in [4.78, 5) is 0. The number of benzene rings is 1. The lowest BCUT2D eigenvalue weighted by molar-refractivity contribution is 0.287. The highest BCUT2D eigenvalue weighted by Crippen LogP contribution is 2.31. The van der Waals surface area contributed by atoms with Crippen LogP contribution in [0, 0.1) is 0 Å². The third-order valence-electron chi connectivity index (χ3n) is 2.72. The van der Waals surface area contributed by atoms with E-state index in [2.05, 4.69) is 6.92 Å². The van der Waals surface area contributed by atoms with Gasteiger partial charge in [-0.2, -0.15) is 0 Å². The highest BCUT2D eigenvalue weighted by Gasteiger charge is 2.12. The van der Waals surface area contributed by atoms with E-state index in [9.17, 15) is 0 Å². The summed E-state index contributed by atoms with van der Waals surface area (Å²) in [5, 5.41) is 8.91. The zero-order chi connectivity index (χ0) is 12.0. The van der Waals surface area contributed by atoms with Gasteiger partial charge in [0, 0.05) is 17.7 Å². The van der Waals surface area contributed by atoms with Crippen molar-refractivity contribution in [3.8, 4) is 11.5 Å². The first-order chi connectivity index (χ1) is 7.78. The fourth-order valence-electron chi connectivity index (χ4n) is 1.95. The van der Waals surface area contributed by atoms with Crippen molar-refractivity contribution in [3.05, 3.63) is 23.3 Å². The van der Waals surface area contributed by atoms with Gasteiger partial charge in [-0.15, -0.1) is 0 Å². The lowest BCUT2D eigenvalue weighted by atomic mass is 9.99. The lowest BCUT2D eigenvalue weighted by Crippen LogP contribution is -2.02. The highest BCUT2D eigenvalue weighted by atomic mass is 16.5. The van der Waals surface area contributed by atoms with E-state index in [4.69, 9.17) is 14.6 Å². The van der Waals surface area contributed by atoms with Gasteiger partial charge in [0.1, 0.15) is 11.5 Å². The van der Waals surface area contributed by atoms with E-state index in [0.29, 0.717) is 0 Å². The molecule has 16 heavy (non-hydrogen) atoms. The molecule has 3 heteroatoms. The second-order valence-electron chi connectivity index (χ2n) is 3.61. The summed E-state index contributed by atoms with van der Waals surface area (Å²) < 4.78 is 10.7. The van der Waals surface area contributed by atoms with Crippen LogP contribution in [0.25, 0.3) is 0 Å². The van der Waals surface area contributed by atoms with Crippen molar-refractivity contribution in [1.29, 1.82) is 0 Å². The molecule has 0 heterocycles. The second kappa shape index (κ2) is 6.38. The Morgan fingerprint density at radius 2 is 1.62 bits per heavy atom. The van der Waals surface area contributed by atoms with E-state index in [1.165, 1.54) is 5.56 Å². The Kier molecular flexibility index (Phi) is 5.12. The van der Waals surface area contributed by atoms with Crippen LogP contribution < -0.4 is 9.47 Å². The maximum atomic E-state index is 8.91. The average Bonchev–Trinajstić information content (AvgIpc) is 2.34. The molecule has 1 rings (SSSR count). The summed E-state index contributed by atoms with van der Waals surface area (Å²) in [7, 11) is 3.35. The molecule has 0 aliphatic carbocycles. The van der Waals surface area contributed by atoms with E-state index in [1.54, 1.807) is 14.2 Å². The normalized spacial score (nSPS) is 10.2. The smallest absolute Gasteiger partial charge is 0.122 e. The number of hydrogen-bond donors (Lipinski definition) is 1. The second-order valence-corrected chi connectivity index (χ2v) is 3.61. The zero-order valence-corrected chi connectivity index (χ0v) is 10.2. The number of methoxy groups -OCH3 is 2. The van der Waals surface area contributed by atoms with Gasteiger partial charge < -0.3 is 14.6 Å². The molecule has 0 aromatic heterocycles. The van der Waals surface area contributed by atoms with Crippen LogP contribution in [0.3, 0.4) is 0 Å². The predicted molar refractivity (Wildman–Crippen MR) is 64.3 cm³/mol. The monoisotopic (exact) mass is 224 g/mol. The first-order valence-electron chi connectivity index (χ1n) is 5.62. The van der Waals surface area contributed by atoms with Crippen LogP contribution in [0.4, 0.5) is 0 Å². The SMILES string of the molecule is CCc1c(OC)ccc(OC)c1CCCO. The zero-order valence-electron chi connectivity index (χ0n) is 10.2. The summed E-state index contributed by atoms with van der Waals surface area (Å²) in [6.07, 6.45) is 2.47. The molecular formula is C13H20O3. The molecule has 0 radical (unpaired) electrons. The van der Waals surface area contributed by atoms with Crippen molar-refractivity contribution >= 4 is 0 Å².